The van der Waals surface area contributed by atoms with Crippen LogP contribution in [0.2, 0.25) is 0 Å². The fourth-order valence-corrected chi connectivity index (χ4v) is 3.59. The average Bonchev–Trinajstić information content (AvgIpc) is 2.72. The molecule has 1 fully saturated rings. The summed E-state index contributed by atoms with van der Waals surface area (Å²) >= 11 is 0. The molecule has 1 aromatic carbocycles. The van der Waals surface area contributed by atoms with E-state index < -0.39 is 24.8 Å². The van der Waals surface area contributed by atoms with E-state index in [-0.39, 0.29) is 11.7 Å². The van der Waals surface area contributed by atoms with E-state index in [9.17, 15) is 18.3 Å². The quantitative estimate of drug-likeness (QED) is 0.454. The van der Waals surface area contributed by atoms with Gasteiger partial charge in [0, 0.05) is 13.6 Å². The second-order valence-electron chi connectivity index (χ2n) is 8.04. The molecule has 1 unspecified atom stereocenters. The zero-order valence-corrected chi connectivity index (χ0v) is 17.9. The molecule has 164 valence electrons. The first-order valence-corrected chi connectivity index (χ1v) is 10.3. The minimum absolute atomic E-state index is 0.0174. The highest BCUT2D eigenvalue weighted by Gasteiger charge is 2.55. The Labute approximate surface area is 171 Å². The smallest absolute Gasteiger partial charge is 0.310 e. The summed E-state index contributed by atoms with van der Waals surface area (Å²) in [6.45, 7) is 3.52. The second-order valence-corrected chi connectivity index (χ2v) is 8.04. The number of nitrogens with zero attached hydrogens (tertiary/aromatic N) is 2. The van der Waals surface area contributed by atoms with Crippen LogP contribution >= 0.6 is 0 Å². The lowest BCUT2D eigenvalue weighted by molar-refractivity contribution is -0.226. The highest BCUT2D eigenvalue weighted by Crippen LogP contribution is 2.42. The van der Waals surface area contributed by atoms with Gasteiger partial charge in [0.05, 0.1) is 24.7 Å². The Morgan fingerprint density at radius 3 is 2.45 bits per heavy atom. The van der Waals surface area contributed by atoms with Crippen LogP contribution in [0.4, 0.5) is 18.9 Å². The minimum Gasteiger partial charge on any atom is -0.377 e. The van der Waals surface area contributed by atoms with Gasteiger partial charge in [0.15, 0.2) is 12.3 Å². The van der Waals surface area contributed by atoms with E-state index >= 15 is 0 Å². The van der Waals surface area contributed by atoms with E-state index in [1.54, 1.807) is 26.3 Å². The molecular weight excluding hydrogens is 381 g/mol. The normalized spacial score (nSPS) is 18.2. The van der Waals surface area contributed by atoms with Crippen LogP contribution in [0.5, 0.6) is 0 Å². The second kappa shape index (κ2) is 9.94. The Morgan fingerprint density at radius 1 is 1.21 bits per heavy atom. The van der Waals surface area contributed by atoms with Gasteiger partial charge in [0.1, 0.15) is 0 Å². The molecule has 0 aliphatic heterocycles. The maximum absolute atomic E-state index is 14.6. The fraction of sp³-hybridized carbons (Fsp3) is 0.682. The zero-order valence-electron chi connectivity index (χ0n) is 17.9. The number of aliphatic imine (C=N–C) groups is 1. The van der Waals surface area contributed by atoms with E-state index in [1.807, 2.05) is 18.9 Å². The van der Waals surface area contributed by atoms with Crippen molar-refractivity contribution in [2.24, 2.45) is 4.99 Å². The summed E-state index contributed by atoms with van der Waals surface area (Å²) < 4.78 is 48.2. The Kier molecular flexibility index (Phi) is 8.11. The van der Waals surface area contributed by atoms with Gasteiger partial charge >= 0.3 is 5.92 Å². The summed E-state index contributed by atoms with van der Waals surface area (Å²) in [5, 5.41) is 11.0. The van der Waals surface area contributed by atoms with Crippen LogP contribution in [-0.4, -0.2) is 55.2 Å². The monoisotopic (exact) mass is 414 g/mol. The topological polar surface area (TPSA) is 45.1 Å². The van der Waals surface area contributed by atoms with Gasteiger partial charge in [0.2, 0.25) is 0 Å². The first-order valence-electron chi connectivity index (χ1n) is 10.3. The van der Waals surface area contributed by atoms with E-state index in [2.05, 4.69) is 4.99 Å². The number of halogens is 3. The third-order valence-electron chi connectivity index (χ3n) is 5.73. The number of benzene rings is 1. The van der Waals surface area contributed by atoms with Crippen LogP contribution in [0.3, 0.4) is 0 Å². The van der Waals surface area contributed by atoms with Gasteiger partial charge in [0.25, 0.3) is 0 Å². The molecule has 4 nitrogen and oxygen atoms in total. The molecule has 0 aromatic heterocycles. The third kappa shape index (κ3) is 5.51. The van der Waals surface area contributed by atoms with Crippen molar-refractivity contribution in [3.05, 3.63) is 28.8 Å². The van der Waals surface area contributed by atoms with Crippen LogP contribution < -0.4 is 0 Å². The van der Waals surface area contributed by atoms with Gasteiger partial charge in [-0.15, -0.1) is 0 Å². The van der Waals surface area contributed by atoms with Crippen LogP contribution in [0, 0.1) is 13.8 Å². The van der Waals surface area contributed by atoms with Crippen molar-refractivity contribution < 1.29 is 23.0 Å². The summed E-state index contributed by atoms with van der Waals surface area (Å²) in [6.07, 6.45) is 6.07. The predicted octanol–water partition coefficient (Wildman–Crippen LogP) is 5.06. The van der Waals surface area contributed by atoms with Crippen LogP contribution in [0.25, 0.3) is 0 Å². The summed E-state index contributed by atoms with van der Waals surface area (Å²) in [5.74, 6) is -3.97. The molecule has 1 aliphatic carbocycles. The van der Waals surface area contributed by atoms with E-state index in [0.717, 1.165) is 38.6 Å². The molecular formula is C22H33F3N2O2. The van der Waals surface area contributed by atoms with Crippen molar-refractivity contribution in [3.63, 3.8) is 0 Å². The Bertz CT molecular complexity index is 706. The molecule has 0 heterocycles. The van der Waals surface area contributed by atoms with E-state index in [0.29, 0.717) is 16.8 Å². The zero-order chi connectivity index (χ0) is 21.7. The van der Waals surface area contributed by atoms with Gasteiger partial charge in [-0.25, -0.2) is 9.38 Å². The highest BCUT2D eigenvalue weighted by atomic mass is 19.3. The molecule has 0 radical (unpaired) electrons. The molecule has 2 rings (SSSR count). The largest absolute Gasteiger partial charge is 0.377 e. The molecule has 7 heteroatoms. The molecule has 0 saturated heterocycles. The number of rotatable bonds is 9. The summed E-state index contributed by atoms with van der Waals surface area (Å²) in [5.41, 5.74) is -1.10. The van der Waals surface area contributed by atoms with Gasteiger partial charge in [-0.05, 0) is 56.4 Å². The fourth-order valence-electron chi connectivity index (χ4n) is 3.59. The van der Waals surface area contributed by atoms with Crippen LogP contribution in [0.1, 0.15) is 55.7 Å². The SMILES string of the molecule is CCN(C)C=Nc1cc(C)c(C(O)(COC2CCCCC2)C(F)(F)CF)cc1C. The number of aryl methyl sites for hydroxylation is 2. The molecule has 1 aliphatic rings. The van der Waals surface area contributed by atoms with Gasteiger partial charge in [-0.2, -0.15) is 8.78 Å². The van der Waals surface area contributed by atoms with E-state index in [1.165, 1.54) is 6.07 Å². The van der Waals surface area contributed by atoms with E-state index in [4.69, 9.17) is 4.74 Å². The van der Waals surface area contributed by atoms with Crippen LogP contribution in [0.15, 0.2) is 17.1 Å². The summed E-state index contributed by atoms with van der Waals surface area (Å²) in [4.78, 5) is 6.27. The lowest BCUT2D eigenvalue weighted by Crippen LogP contribution is -2.51. The van der Waals surface area contributed by atoms with Gasteiger partial charge in [-0.3, -0.25) is 0 Å². The Balaban J connectivity index is 2.37. The minimum atomic E-state index is -3.97. The third-order valence-corrected chi connectivity index (χ3v) is 5.73. The maximum atomic E-state index is 14.6. The standard InChI is InChI=1S/C22H33F3N2O2/c1-5-27(4)15-26-20-12-16(2)19(11-17(20)3)21(28,22(24,25)13-23)14-29-18-9-7-6-8-10-18/h11-12,15,18,28H,5-10,13-14H2,1-4H3. The van der Waals surface area contributed by atoms with Crippen molar-refractivity contribution in [2.45, 2.75) is 70.5 Å². The number of aliphatic hydroxyl groups is 1. The number of ether oxygens (including phenoxy) is 1. The molecule has 1 saturated carbocycles. The van der Waals surface area contributed by atoms with Crippen molar-refractivity contribution in [3.8, 4) is 0 Å². The highest BCUT2D eigenvalue weighted by molar-refractivity contribution is 5.64. The number of hydrogen-bond acceptors (Lipinski definition) is 3. The average molecular weight is 415 g/mol. The molecule has 0 spiro atoms. The first-order chi connectivity index (χ1) is 13.6. The molecule has 1 N–H and O–H groups in total. The predicted molar refractivity (Wildman–Crippen MR) is 110 cm³/mol. The lowest BCUT2D eigenvalue weighted by Gasteiger charge is -2.37. The summed E-state index contributed by atoms with van der Waals surface area (Å²) in [7, 11) is 1.88. The maximum Gasteiger partial charge on any atom is 0.310 e. The Hall–Kier alpha value is -1.60. The Morgan fingerprint density at radius 2 is 1.86 bits per heavy atom. The van der Waals surface area contributed by atoms with Crippen molar-refractivity contribution in [1.82, 2.24) is 4.90 Å². The van der Waals surface area contributed by atoms with Crippen molar-refractivity contribution in [1.29, 1.82) is 0 Å². The van der Waals surface area contributed by atoms with Crippen molar-refractivity contribution in [2.75, 3.05) is 26.9 Å². The molecule has 1 aromatic rings. The van der Waals surface area contributed by atoms with Gasteiger partial charge in [-0.1, -0.05) is 25.3 Å². The van der Waals surface area contributed by atoms with Crippen LogP contribution in [-0.2, 0) is 10.3 Å². The first kappa shape index (κ1) is 23.7. The molecule has 0 amide bonds. The molecule has 0 bridgehead atoms. The lowest BCUT2D eigenvalue weighted by atomic mass is 9.84. The number of hydrogen-bond donors (Lipinski definition) is 1. The van der Waals surface area contributed by atoms with Gasteiger partial charge < -0.3 is 14.7 Å². The van der Waals surface area contributed by atoms with Crippen molar-refractivity contribution >= 4 is 12.0 Å². The molecule has 1 atom stereocenters. The molecule has 29 heavy (non-hydrogen) atoms. The number of alkyl halides is 3. The summed E-state index contributed by atoms with van der Waals surface area (Å²) in [6, 6.07) is 3.12.